The molecule has 1 atom stereocenters. The highest BCUT2D eigenvalue weighted by Crippen LogP contribution is 2.37. The van der Waals surface area contributed by atoms with Gasteiger partial charge in [0.15, 0.2) is 0 Å². The van der Waals surface area contributed by atoms with Gasteiger partial charge in [0.05, 0.1) is 6.04 Å². The number of benzene rings is 1. The summed E-state index contributed by atoms with van der Waals surface area (Å²) in [6.07, 6.45) is 2.54. The fourth-order valence-electron chi connectivity index (χ4n) is 3.70. The predicted molar refractivity (Wildman–Crippen MR) is 114 cm³/mol. The van der Waals surface area contributed by atoms with Gasteiger partial charge in [-0.1, -0.05) is 49.8 Å². The molecule has 28 heavy (non-hydrogen) atoms. The van der Waals surface area contributed by atoms with Crippen LogP contribution in [0.25, 0.3) is 0 Å². The maximum atomic E-state index is 13.3. The fourth-order valence-corrected chi connectivity index (χ4v) is 4.60. The van der Waals surface area contributed by atoms with E-state index in [0.29, 0.717) is 13.1 Å². The molecular weight excluding hydrogens is 368 g/mol. The summed E-state index contributed by atoms with van der Waals surface area (Å²) in [5.41, 5.74) is 3.52. The van der Waals surface area contributed by atoms with Crippen molar-refractivity contribution in [2.45, 2.75) is 33.2 Å². The molecular formula is C23H28N2O2S. The van der Waals surface area contributed by atoms with E-state index in [1.807, 2.05) is 18.7 Å². The predicted octanol–water partition coefficient (Wildman–Crippen LogP) is 4.20. The van der Waals surface area contributed by atoms with Crippen LogP contribution in [-0.4, -0.2) is 41.2 Å². The summed E-state index contributed by atoms with van der Waals surface area (Å²) in [6, 6.07) is 10.4. The first kappa shape index (κ1) is 20.3. The molecule has 0 spiro atoms. The van der Waals surface area contributed by atoms with E-state index in [9.17, 15) is 9.59 Å². The van der Waals surface area contributed by atoms with Crippen molar-refractivity contribution in [3.05, 3.63) is 69.9 Å². The Morgan fingerprint density at radius 3 is 2.64 bits per heavy atom. The van der Waals surface area contributed by atoms with Crippen LogP contribution in [0.4, 0.5) is 0 Å². The Morgan fingerprint density at radius 1 is 1.29 bits per heavy atom. The minimum Gasteiger partial charge on any atom is -0.330 e. The molecule has 1 aromatic carbocycles. The number of hydrogen-bond acceptors (Lipinski definition) is 3. The molecule has 3 rings (SSSR count). The minimum absolute atomic E-state index is 0.0155. The lowest BCUT2D eigenvalue weighted by atomic mass is 9.92. The minimum atomic E-state index is -0.148. The Bertz CT molecular complexity index is 854. The zero-order valence-corrected chi connectivity index (χ0v) is 17.7. The molecule has 2 heterocycles. The summed E-state index contributed by atoms with van der Waals surface area (Å²) in [5.74, 6) is -0.183. The van der Waals surface area contributed by atoms with Gasteiger partial charge in [0.1, 0.15) is 6.54 Å². The average Bonchev–Trinajstić information content (AvgIpc) is 3.15. The van der Waals surface area contributed by atoms with Crippen molar-refractivity contribution in [1.82, 2.24) is 9.80 Å². The van der Waals surface area contributed by atoms with Gasteiger partial charge in [0.25, 0.3) is 0 Å². The van der Waals surface area contributed by atoms with E-state index in [1.165, 1.54) is 16.0 Å². The average molecular weight is 397 g/mol. The maximum Gasteiger partial charge on any atom is 0.243 e. The zero-order chi connectivity index (χ0) is 20.3. The van der Waals surface area contributed by atoms with Crippen LogP contribution in [-0.2, 0) is 16.0 Å². The molecule has 1 unspecified atom stereocenters. The summed E-state index contributed by atoms with van der Waals surface area (Å²) in [4.78, 5) is 30.7. The van der Waals surface area contributed by atoms with E-state index in [2.05, 4.69) is 49.2 Å². The van der Waals surface area contributed by atoms with Gasteiger partial charge in [0, 0.05) is 23.9 Å². The Hall–Kier alpha value is -2.40. The third kappa shape index (κ3) is 4.20. The van der Waals surface area contributed by atoms with Crippen LogP contribution >= 0.6 is 11.3 Å². The van der Waals surface area contributed by atoms with E-state index in [4.69, 9.17) is 0 Å². The number of amides is 2. The topological polar surface area (TPSA) is 40.6 Å². The summed E-state index contributed by atoms with van der Waals surface area (Å²) in [6.45, 7) is 10.7. The van der Waals surface area contributed by atoms with Crippen molar-refractivity contribution in [1.29, 1.82) is 0 Å². The second-order valence-electron chi connectivity index (χ2n) is 7.61. The molecule has 5 heteroatoms. The monoisotopic (exact) mass is 396 g/mol. The zero-order valence-electron chi connectivity index (χ0n) is 16.9. The molecule has 1 aliphatic rings. The van der Waals surface area contributed by atoms with Crippen LogP contribution in [0.5, 0.6) is 0 Å². The van der Waals surface area contributed by atoms with E-state index in [0.717, 1.165) is 12.0 Å². The van der Waals surface area contributed by atoms with Crippen molar-refractivity contribution in [3.63, 3.8) is 0 Å². The first-order chi connectivity index (χ1) is 13.4. The van der Waals surface area contributed by atoms with Crippen molar-refractivity contribution in [2.75, 3.05) is 19.6 Å². The van der Waals surface area contributed by atoms with Crippen molar-refractivity contribution in [3.8, 4) is 0 Å². The summed E-state index contributed by atoms with van der Waals surface area (Å²) < 4.78 is 0. The van der Waals surface area contributed by atoms with Gasteiger partial charge in [-0.2, -0.15) is 0 Å². The lowest BCUT2D eigenvalue weighted by Crippen LogP contribution is -2.47. The quantitative estimate of drug-likeness (QED) is 0.687. The van der Waals surface area contributed by atoms with E-state index >= 15 is 0 Å². The molecule has 0 bridgehead atoms. The molecule has 4 nitrogen and oxygen atoms in total. The fraction of sp³-hybridized carbons (Fsp3) is 0.391. The van der Waals surface area contributed by atoms with Gasteiger partial charge in [-0.25, -0.2) is 0 Å². The number of fused-ring (bicyclic) bond motifs is 1. The third-order valence-corrected chi connectivity index (χ3v) is 6.16. The highest BCUT2D eigenvalue weighted by Gasteiger charge is 2.34. The van der Waals surface area contributed by atoms with E-state index < -0.39 is 0 Å². The standard InChI is InChI=1S/C23H28N2O2S/c1-5-12-24(23(27)16(2)3)15-21(26)25-13-10-20-19(11-14-28-20)22(25)18-8-6-17(4)7-9-18/h5-9,11,14,16,22H,1,10,12-13,15H2,2-4H3. The highest BCUT2D eigenvalue weighted by molar-refractivity contribution is 7.10. The number of nitrogens with zero attached hydrogens (tertiary/aromatic N) is 2. The number of rotatable bonds is 6. The Kier molecular flexibility index (Phi) is 6.35. The molecule has 0 fully saturated rings. The lowest BCUT2D eigenvalue weighted by Gasteiger charge is -2.37. The molecule has 0 saturated carbocycles. The number of carbonyl (C=O) groups excluding carboxylic acids is 2. The SMILES string of the molecule is C=CCN(CC(=O)N1CCc2sccc2C1c1ccc(C)cc1)C(=O)C(C)C. The van der Waals surface area contributed by atoms with Gasteiger partial charge >= 0.3 is 0 Å². The number of thiophene rings is 1. The molecule has 0 N–H and O–H groups in total. The van der Waals surface area contributed by atoms with Crippen molar-refractivity contribution < 1.29 is 9.59 Å². The first-order valence-corrected chi connectivity index (χ1v) is 10.6. The van der Waals surface area contributed by atoms with Gasteiger partial charge in [-0.3, -0.25) is 9.59 Å². The Labute approximate surface area is 171 Å². The van der Waals surface area contributed by atoms with Crippen LogP contribution in [0, 0.1) is 12.8 Å². The highest BCUT2D eigenvalue weighted by atomic mass is 32.1. The Balaban J connectivity index is 1.90. The molecule has 2 amide bonds. The van der Waals surface area contributed by atoms with Gasteiger partial charge < -0.3 is 9.80 Å². The molecule has 1 aliphatic heterocycles. The molecule has 1 aromatic heterocycles. The molecule has 2 aromatic rings. The third-order valence-electron chi connectivity index (χ3n) is 5.16. The Morgan fingerprint density at radius 2 is 2.00 bits per heavy atom. The van der Waals surface area contributed by atoms with Crippen LogP contribution in [0.3, 0.4) is 0 Å². The normalized spacial score (nSPS) is 16.0. The maximum absolute atomic E-state index is 13.3. The van der Waals surface area contributed by atoms with Crippen molar-refractivity contribution >= 4 is 23.2 Å². The lowest BCUT2D eigenvalue weighted by molar-refractivity contribution is -0.142. The van der Waals surface area contributed by atoms with Gasteiger partial charge in [-0.05, 0) is 35.9 Å². The van der Waals surface area contributed by atoms with Crippen LogP contribution < -0.4 is 0 Å². The summed E-state index contributed by atoms with van der Waals surface area (Å²) in [7, 11) is 0. The van der Waals surface area contributed by atoms with Crippen LogP contribution in [0.2, 0.25) is 0 Å². The van der Waals surface area contributed by atoms with E-state index in [1.54, 1.807) is 22.3 Å². The number of hydrogen-bond donors (Lipinski definition) is 0. The molecule has 0 saturated heterocycles. The summed E-state index contributed by atoms with van der Waals surface area (Å²) in [5, 5.41) is 2.10. The van der Waals surface area contributed by atoms with Crippen LogP contribution in [0.1, 0.15) is 41.5 Å². The van der Waals surface area contributed by atoms with Gasteiger partial charge in [-0.15, -0.1) is 17.9 Å². The molecule has 148 valence electrons. The number of carbonyl (C=O) groups is 2. The van der Waals surface area contributed by atoms with Crippen LogP contribution in [0.15, 0.2) is 48.4 Å². The van der Waals surface area contributed by atoms with E-state index in [-0.39, 0.29) is 30.3 Å². The van der Waals surface area contributed by atoms with Crippen molar-refractivity contribution in [2.24, 2.45) is 5.92 Å². The second kappa shape index (κ2) is 8.74. The number of aryl methyl sites for hydroxylation is 1. The summed E-state index contributed by atoms with van der Waals surface area (Å²) >= 11 is 1.76. The second-order valence-corrected chi connectivity index (χ2v) is 8.61. The molecule has 0 radical (unpaired) electrons. The first-order valence-electron chi connectivity index (χ1n) is 9.74. The van der Waals surface area contributed by atoms with Gasteiger partial charge in [0.2, 0.25) is 11.8 Å². The largest absolute Gasteiger partial charge is 0.330 e. The smallest absolute Gasteiger partial charge is 0.243 e. The molecule has 0 aliphatic carbocycles.